The average molecular weight is 241 g/mol. The van der Waals surface area contributed by atoms with Gasteiger partial charge in [0.1, 0.15) is 0 Å². The fourth-order valence-corrected chi connectivity index (χ4v) is 1.82. The van der Waals surface area contributed by atoms with Crippen LogP contribution in [0.3, 0.4) is 0 Å². The first-order valence-electron chi connectivity index (χ1n) is 5.16. The number of carbonyl (C=O) groups excluding carboxylic acids is 1. The number of aldehydes is 1. The van der Waals surface area contributed by atoms with Gasteiger partial charge in [0.25, 0.3) is 0 Å². The van der Waals surface area contributed by atoms with E-state index in [9.17, 15) is 4.79 Å². The molecule has 0 aromatic heterocycles. The third-order valence-electron chi connectivity index (χ3n) is 2.41. The monoisotopic (exact) mass is 240 g/mol. The third kappa shape index (κ3) is 3.22. The van der Waals surface area contributed by atoms with Gasteiger partial charge in [-0.1, -0.05) is 17.7 Å². The Morgan fingerprint density at radius 3 is 2.50 bits per heavy atom. The molecule has 0 unspecified atom stereocenters. The van der Waals surface area contributed by atoms with Crippen LogP contribution in [0.2, 0.25) is 5.02 Å². The van der Waals surface area contributed by atoms with E-state index in [-0.39, 0.29) is 0 Å². The minimum absolute atomic E-state index is 0.617. The fraction of sp³-hybridized carbons (Fsp3) is 0.417. The number of para-hydroxylation sites is 1. The summed E-state index contributed by atoms with van der Waals surface area (Å²) in [6.45, 7) is 1.75. The van der Waals surface area contributed by atoms with Crippen LogP contribution in [-0.2, 0) is 0 Å². The molecule has 0 aliphatic carbocycles. The van der Waals surface area contributed by atoms with Crippen molar-refractivity contribution in [1.82, 2.24) is 4.90 Å². The van der Waals surface area contributed by atoms with Crippen LogP contribution < -0.4 is 4.90 Å². The van der Waals surface area contributed by atoms with Crippen molar-refractivity contribution in [3.63, 3.8) is 0 Å². The summed E-state index contributed by atoms with van der Waals surface area (Å²) in [6, 6.07) is 5.37. The Bertz CT molecular complexity index is 366. The van der Waals surface area contributed by atoms with Crippen molar-refractivity contribution in [3.8, 4) is 0 Å². The Hall–Kier alpha value is -1.06. The molecule has 0 aliphatic heterocycles. The number of halogens is 1. The molecule has 0 amide bonds. The van der Waals surface area contributed by atoms with Crippen molar-refractivity contribution in [2.75, 3.05) is 39.1 Å². The van der Waals surface area contributed by atoms with E-state index < -0.39 is 0 Å². The van der Waals surface area contributed by atoms with E-state index in [4.69, 9.17) is 11.6 Å². The predicted molar refractivity (Wildman–Crippen MR) is 68.7 cm³/mol. The highest BCUT2D eigenvalue weighted by atomic mass is 35.5. The van der Waals surface area contributed by atoms with Crippen molar-refractivity contribution in [2.24, 2.45) is 0 Å². The molecule has 0 saturated heterocycles. The fourth-order valence-electron chi connectivity index (χ4n) is 1.49. The van der Waals surface area contributed by atoms with Gasteiger partial charge in [-0.2, -0.15) is 0 Å². The van der Waals surface area contributed by atoms with Crippen LogP contribution in [0.4, 0.5) is 5.69 Å². The van der Waals surface area contributed by atoms with Crippen molar-refractivity contribution >= 4 is 23.6 Å². The van der Waals surface area contributed by atoms with E-state index >= 15 is 0 Å². The normalized spacial score (nSPS) is 10.6. The zero-order valence-corrected chi connectivity index (χ0v) is 10.7. The summed E-state index contributed by atoms with van der Waals surface area (Å²) < 4.78 is 0. The molecule has 3 nitrogen and oxygen atoms in total. The highest BCUT2D eigenvalue weighted by molar-refractivity contribution is 6.33. The summed E-state index contributed by atoms with van der Waals surface area (Å²) in [5, 5.41) is 0.617. The molecule has 0 spiro atoms. The molecule has 4 heteroatoms. The molecule has 0 radical (unpaired) electrons. The van der Waals surface area contributed by atoms with Crippen LogP contribution in [0.5, 0.6) is 0 Å². The van der Waals surface area contributed by atoms with E-state index in [1.807, 2.05) is 26.0 Å². The van der Waals surface area contributed by atoms with Gasteiger partial charge in [-0.15, -0.1) is 0 Å². The lowest BCUT2D eigenvalue weighted by Crippen LogP contribution is -2.29. The maximum absolute atomic E-state index is 10.9. The maximum Gasteiger partial charge on any atom is 0.152 e. The maximum atomic E-state index is 10.9. The second-order valence-electron chi connectivity index (χ2n) is 4.02. The number of rotatable bonds is 5. The van der Waals surface area contributed by atoms with Gasteiger partial charge in [0.15, 0.2) is 6.29 Å². The summed E-state index contributed by atoms with van der Waals surface area (Å²) in [6.07, 6.45) is 0.841. The van der Waals surface area contributed by atoms with Gasteiger partial charge in [-0.05, 0) is 26.2 Å². The van der Waals surface area contributed by atoms with Crippen LogP contribution in [0.15, 0.2) is 18.2 Å². The smallest absolute Gasteiger partial charge is 0.152 e. The van der Waals surface area contributed by atoms with Gasteiger partial charge >= 0.3 is 0 Å². The predicted octanol–water partition coefficient (Wildman–Crippen LogP) is 2.15. The van der Waals surface area contributed by atoms with Crippen LogP contribution in [0.25, 0.3) is 0 Å². The zero-order chi connectivity index (χ0) is 12.1. The Balaban J connectivity index is 2.88. The van der Waals surface area contributed by atoms with Crippen LogP contribution >= 0.6 is 11.6 Å². The number of nitrogens with zero attached hydrogens (tertiary/aromatic N) is 2. The molecule has 0 heterocycles. The molecule has 1 rings (SSSR count). The van der Waals surface area contributed by atoms with Crippen LogP contribution in [0.1, 0.15) is 10.4 Å². The minimum Gasteiger partial charge on any atom is -0.372 e. The second kappa shape index (κ2) is 5.87. The summed E-state index contributed by atoms with van der Waals surface area (Å²) in [5.41, 5.74) is 1.44. The molecule has 1 aromatic carbocycles. The molecular formula is C12H17ClN2O. The number of benzene rings is 1. The van der Waals surface area contributed by atoms with Crippen LogP contribution in [0, 0.1) is 0 Å². The molecule has 0 fully saturated rings. The van der Waals surface area contributed by atoms with Crippen molar-refractivity contribution in [3.05, 3.63) is 28.8 Å². The van der Waals surface area contributed by atoms with Gasteiger partial charge < -0.3 is 9.80 Å². The summed E-state index contributed by atoms with van der Waals surface area (Å²) >= 11 is 6.10. The molecule has 0 N–H and O–H groups in total. The van der Waals surface area contributed by atoms with E-state index in [0.29, 0.717) is 10.6 Å². The second-order valence-corrected chi connectivity index (χ2v) is 4.43. The first-order valence-corrected chi connectivity index (χ1v) is 5.53. The van der Waals surface area contributed by atoms with E-state index in [0.717, 1.165) is 25.1 Å². The molecular weight excluding hydrogens is 224 g/mol. The molecule has 1 aromatic rings. The Morgan fingerprint density at radius 2 is 1.94 bits per heavy atom. The summed E-state index contributed by atoms with van der Waals surface area (Å²) in [5.74, 6) is 0. The molecule has 0 bridgehead atoms. The number of carbonyl (C=O) groups is 1. The molecule has 0 atom stereocenters. The highest BCUT2D eigenvalue weighted by Crippen LogP contribution is 2.27. The largest absolute Gasteiger partial charge is 0.372 e. The van der Waals surface area contributed by atoms with Crippen molar-refractivity contribution < 1.29 is 4.79 Å². The zero-order valence-electron chi connectivity index (χ0n) is 9.90. The van der Waals surface area contributed by atoms with Crippen molar-refractivity contribution in [1.29, 1.82) is 0 Å². The number of anilines is 1. The van der Waals surface area contributed by atoms with E-state index in [1.165, 1.54) is 0 Å². The molecule has 0 saturated carbocycles. The summed E-state index contributed by atoms with van der Waals surface area (Å²) in [4.78, 5) is 15.0. The van der Waals surface area contributed by atoms with Gasteiger partial charge in [0.05, 0.1) is 10.7 Å². The van der Waals surface area contributed by atoms with Crippen molar-refractivity contribution in [2.45, 2.75) is 0 Å². The lowest BCUT2D eigenvalue weighted by atomic mass is 10.2. The lowest BCUT2D eigenvalue weighted by molar-refractivity contribution is 0.112. The third-order valence-corrected chi connectivity index (χ3v) is 2.71. The minimum atomic E-state index is 0.617. The highest BCUT2D eigenvalue weighted by Gasteiger charge is 2.10. The van der Waals surface area contributed by atoms with Gasteiger partial charge in [0, 0.05) is 25.7 Å². The number of hydrogen-bond acceptors (Lipinski definition) is 3. The van der Waals surface area contributed by atoms with E-state index in [2.05, 4.69) is 4.90 Å². The molecule has 0 aliphatic rings. The van der Waals surface area contributed by atoms with Crippen LogP contribution in [-0.4, -0.2) is 45.4 Å². The molecule has 16 heavy (non-hydrogen) atoms. The summed E-state index contributed by atoms with van der Waals surface area (Å²) in [7, 11) is 5.97. The Kier molecular flexibility index (Phi) is 4.77. The van der Waals surface area contributed by atoms with Gasteiger partial charge in [-0.3, -0.25) is 4.79 Å². The average Bonchev–Trinajstić information content (AvgIpc) is 2.25. The SMILES string of the molecule is CN(C)CCN(C)c1c(Cl)cccc1C=O. The lowest BCUT2D eigenvalue weighted by Gasteiger charge is -2.23. The number of hydrogen-bond donors (Lipinski definition) is 0. The first kappa shape index (κ1) is 13.0. The van der Waals surface area contributed by atoms with E-state index in [1.54, 1.807) is 18.2 Å². The Labute approximate surface area is 102 Å². The molecule has 88 valence electrons. The van der Waals surface area contributed by atoms with Gasteiger partial charge in [0.2, 0.25) is 0 Å². The standard InChI is InChI=1S/C12H17ClN2O/c1-14(2)7-8-15(3)12-10(9-16)5-4-6-11(12)13/h4-6,9H,7-8H2,1-3H3. The van der Waals surface area contributed by atoms with Gasteiger partial charge in [-0.25, -0.2) is 0 Å². The first-order chi connectivity index (χ1) is 7.56. The topological polar surface area (TPSA) is 23.6 Å². The quantitative estimate of drug-likeness (QED) is 0.737. The number of likely N-dealkylation sites (N-methyl/N-ethyl adjacent to an activating group) is 2. The Morgan fingerprint density at radius 1 is 1.25 bits per heavy atom.